The van der Waals surface area contributed by atoms with Gasteiger partial charge in [0.15, 0.2) is 6.29 Å². The van der Waals surface area contributed by atoms with Crippen LogP contribution in [-0.2, 0) is 9.47 Å². The smallest absolute Gasteiger partial charge is 0.158 e. The zero-order valence-corrected chi connectivity index (χ0v) is 10.5. The Hall–Kier alpha value is -0.200. The highest BCUT2D eigenvalue weighted by molar-refractivity contribution is 4.80. The van der Waals surface area contributed by atoms with E-state index in [1.807, 2.05) is 13.8 Å². The maximum absolute atomic E-state index is 9.07. The summed E-state index contributed by atoms with van der Waals surface area (Å²) in [7, 11) is 0. The van der Waals surface area contributed by atoms with Gasteiger partial charge in [-0.25, -0.2) is 0 Å². The van der Waals surface area contributed by atoms with Gasteiger partial charge < -0.3 is 25.0 Å². The number of hydrogen-bond acceptors (Lipinski definition) is 5. The number of hydrogen-bond donors (Lipinski definition) is 3. The molecular weight excluding hydrogens is 210 g/mol. The monoisotopic (exact) mass is 235 g/mol. The second-order valence-electron chi connectivity index (χ2n) is 3.93. The second-order valence-corrected chi connectivity index (χ2v) is 3.93. The van der Waals surface area contributed by atoms with Gasteiger partial charge in [0.1, 0.15) is 0 Å². The van der Waals surface area contributed by atoms with Crippen molar-refractivity contribution in [3.8, 4) is 0 Å². The molecule has 0 unspecified atom stereocenters. The lowest BCUT2D eigenvalue weighted by molar-refractivity contribution is -0.139. The molecule has 0 heterocycles. The molecule has 16 heavy (non-hydrogen) atoms. The third kappa shape index (κ3) is 6.40. The van der Waals surface area contributed by atoms with Crippen LogP contribution in [-0.4, -0.2) is 55.0 Å². The molecule has 5 heteroatoms. The SMILES string of the molecule is CCOC(CCNC(C)(CO)CO)OCC. The predicted molar refractivity (Wildman–Crippen MR) is 62.2 cm³/mol. The van der Waals surface area contributed by atoms with E-state index in [1.165, 1.54) is 0 Å². The van der Waals surface area contributed by atoms with Crippen LogP contribution >= 0.6 is 0 Å². The van der Waals surface area contributed by atoms with Crippen LogP contribution in [0, 0.1) is 0 Å². The summed E-state index contributed by atoms with van der Waals surface area (Å²) in [6, 6.07) is 0. The molecule has 0 aromatic carbocycles. The summed E-state index contributed by atoms with van der Waals surface area (Å²) < 4.78 is 10.8. The minimum absolute atomic E-state index is 0.0998. The molecule has 0 radical (unpaired) electrons. The van der Waals surface area contributed by atoms with Gasteiger partial charge in [0, 0.05) is 26.2 Å². The minimum atomic E-state index is -0.636. The summed E-state index contributed by atoms with van der Waals surface area (Å²) in [4.78, 5) is 0. The first-order valence-electron chi connectivity index (χ1n) is 5.81. The van der Waals surface area contributed by atoms with E-state index < -0.39 is 5.54 Å². The normalized spacial score (nSPS) is 12.4. The van der Waals surface area contributed by atoms with Crippen LogP contribution in [0.4, 0.5) is 0 Å². The van der Waals surface area contributed by atoms with E-state index in [2.05, 4.69) is 5.32 Å². The molecule has 0 saturated heterocycles. The van der Waals surface area contributed by atoms with E-state index in [0.29, 0.717) is 26.2 Å². The molecule has 0 aliphatic rings. The molecule has 5 nitrogen and oxygen atoms in total. The summed E-state index contributed by atoms with van der Waals surface area (Å²) in [5.41, 5.74) is -0.636. The largest absolute Gasteiger partial charge is 0.394 e. The first-order chi connectivity index (χ1) is 7.61. The molecular formula is C11H25NO4. The van der Waals surface area contributed by atoms with Gasteiger partial charge >= 0.3 is 0 Å². The lowest BCUT2D eigenvalue weighted by Crippen LogP contribution is -2.49. The fraction of sp³-hybridized carbons (Fsp3) is 1.00. The zero-order valence-electron chi connectivity index (χ0n) is 10.5. The van der Waals surface area contributed by atoms with E-state index >= 15 is 0 Å². The highest BCUT2D eigenvalue weighted by Crippen LogP contribution is 2.04. The van der Waals surface area contributed by atoms with Gasteiger partial charge in [0.2, 0.25) is 0 Å². The van der Waals surface area contributed by atoms with Crippen molar-refractivity contribution in [2.75, 3.05) is 33.0 Å². The summed E-state index contributed by atoms with van der Waals surface area (Å²) in [5, 5.41) is 21.2. The zero-order chi connectivity index (χ0) is 12.4. The predicted octanol–water partition coefficient (Wildman–Crippen LogP) is 0.109. The maximum atomic E-state index is 9.07. The average molecular weight is 235 g/mol. The van der Waals surface area contributed by atoms with Crippen molar-refractivity contribution in [3.05, 3.63) is 0 Å². The first-order valence-corrected chi connectivity index (χ1v) is 5.81. The Morgan fingerprint density at radius 1 is 1.12 bits per heavy atom. The molecule has 3 N–H and O–H groups in total. The molecule has 0 rings (SSSR count). The Morgan fingerprint density at radius 3 is 2.00 bits per heavy atom. The lowest BCUT2D eigenvalue weighted by atomic mass is 10.1. The van der Waals surface area contributed by atoms with Gasteiger partial charge in [-0.05, 0) is 20.8 Å². The maximum Gasteiger partial charge on any atom is 0.158 e. The van der Waals surface area contributed by atoms with Crippen LogP contribution in [0.1, 0.15) is 27.2 Å². The molecule has 98 valence electrons. The third-order valence-corrected chi connectivity index (χ3v) is 2.33. The van der Waals surface area contributed by atoms with E-state index in [4.69, 9.17) is 19.7 Å². The number of nitrogens with one attached hydrogen (secondary N) is 1. The van der Waals surface area contributed by atoms with Gasteiger partial charge in [0.25, 0.3) is 0 Å². The summed E-state index contributed by atoms with van der Waals surface area (Å²) in [5.74, 6) is 0. The van der Waals surface area contributed by atoms with Gasteiger partial charge in [0.05, 0.1) is 18.8 Å². The minimum Gasteiger partial charge on any atom is -0.394 e. The van der Waals surface area contributed by atoms with E-state index in [9.17, 15) is 0 Å². The van der Waals surface area contributed by atoms with Gasteiger partial charge in [-0.15, -0.1) is 0 Å². The lowest BCUT2D eigenvalue weighted by Gasteiger charge is -2.27. The topological polar surface area (TPSA) is 71.0 Å². The fourth-order valence-corrected chi connectivity index (χ4v) is 1.24. The molecule has 0 atom stereocenters. The van der Waals surface area contributed by atoms with Crippen molar-refractivity contribution < 1.29 is 19.7 Å². The quantitative estimate of drug-likeness (QED) is 0.469. The van der Waals surface area contributed by atoms with Crippen molar-refractivity contribution in [1.29, 1.82) is 0 Å². The molecule has 0 aliphatic heterocycles. The Bertz CT molecular complexity index is 156. The van der Waals surface area contributed by atoms with Crippen LogP contribution in [0.15, 0.2) is 0 Å². The van der Waals surface area contributed by atoms with Crippen LogP contribution in [0.3, 0.4) is 0 Å². The van der Waals surface area contributed by atoms with Crippen LogP contribution in [0.5, 0.6) is 0 Å². The second kappa shape index (κ2) is 8.90. The third-order valence-electron chi connectivity index (χ3n) is 2.33. The number of aliphatic hydroxyl groups excluding tert-OH is 2. The Kier molecular flexibility index (Phi) is 8.78. The standard InChI is InChI=1S/C11H25NO4/c1-4-15-10(16-5-2)6-7-12-11(3,8-13)9-14/h10,12-14H,4-9H2,1-3H3. The summed E-state index contributed by atoms with van der Waals surface area (Å²) >= 11 is 0. The van der Waals surface area contributed by atoms with E-state index in [-0.39, 0.29) is 19.5 Å². The van der Waals surface area contributed by atoms with E-state index in [0.717, 1.165) is 0 Å². The Balaban J connectivity index is 3.83. The molecule has 0 aromatic rings. The van der Waals surface area contributed by atoms with Gasteiger partial charge in [-0.1, -0.05) is 0 Å². The highest BCUT2D eigenvalue weighted by Gasteiger charge is 2.21. The number of aliphatic hydroxyl groups is 2. The van der Waals surface area contributed by atoms with Crippen LogP contribution in [0.25, 0.3) is 0 Å². The average Bonchev–Trinajstić information content (AvgIpc) is 2.29. The van der Waals surface area contributed by atoms with E-state index in [1.54, 1.807) is 6.92 Å². The molecule has 0 amide bonds. The number of ether oxygens (including phenoxy) is 2. The molecule has 0 spiro atoms. The number of rotatable bonds is 10. The Morgan fingerprint density at radius 2 is 1.62 bits per heavy atom. The summed E-state index contributed by atoms with van der Waals surface area (Å²) in [6.07, 6.45) is 0.473. The summed E-state index contributed by atoms with van der Waals surface area (Å²) in [6.45, 7) is 7.26. The van der Waals surface area contributed by atoms with Crippen molar-refractivity contribution in [3.63, 3.8) is 0 Å². The fourth-order valence-electron chi connectivity index (χ4n) is 1.24. The van der Waals surface area contributed by atoms with Crippen LogP contribution < -0.4 is 5.32 Å². The van der Waals surface area contributed by atoms with Crippen molar-refractivity contribution in [2.24, 2.45) is 0 Å². The molecule has 0 aromatic heterocycles. The molecule has 0 fully saturated rings. The molecule has 0 saturated carbocycles. The Labute approximate surface area is 97.8 Å². The van der Waals surface area contributed by atoms with Gasteiger partial charge in [-0.3, -0.25) is 0 Å². The molecule has 0 aliphatic carbocycles. The van der Waals surface area contributed by atoms with Crippen LogP contribution in [0.2, 0.25) is 0 Å². The van der Waals surface area contributed by atoms with Gasteiger partial charge in [-0.2, -0.15) is 0 Å². The highest BCUT2D eigenvalue weighted by atomic mass is 16.7. The van der Waals surface area contributed by atoms with Crippen molar-refractivity contribution in [2.45, 2.75) is 39.0 Å². The molecule has 0 bridgehead atoms. The first kappa shape index (κ1) is 15.8. The van der Waals surface area contributed by atoms with Crippen molar-refractivity contribution in [1.82, 2.24) is 5.32 Å². The van der Waals surface area contributed by atoms with Crippen molar-refractivity contribution >= 4 is 0 Å².